The minimum Gasteiger partial charge on any atom is -0.420 e. The van der Waals surface area contributed by atoms with Crippen LogP contribution >= 0.6 is 23.4 Å². The molecule has 0 fully saturated rings. The number of hydrogen-bond acceptors (Lipinski definition) is 3. The van der Waals surface area contributed by atoms with Gasteiger partial charge in [-0.15, -0.1) is 0 Å². The second kappa shape index (κ2) is 5.50. The summed E-state index contributed by atoms with van der Waals surface area (Å²) in [5, 5.41) is 0.384. The zero-order valence-electron chi connectivity index (χ0n) is 6.92. The summed E-state index contributed by atoms with van der Waals surface area (Å²) in [7, 11) is 0. The first-order valence-corrected chi connectivity index (χ1v) is 5.12. The number of aromatic nitrogens is 1. The van der Waals surface area contributed by atoms with Crippen LogP contribution in [0.2, 0.25) is 5.22 Å². The maximum absolute atomic E-state index is 12.4. The molecule has 0 aromatic carbocycles. The fourth-order valence-corrected chi connectivity index (χ4v) is 1.65. The molecule has 2 nitrogen and oxygen atoms in total. The highest BCUT2D eigenvalue weighted by Crippen LogP contribution is 2.22. The van der Waals surface area contributed by atoms with Crippen LogP contribution in [0, 0.1) is 0 Å². The van der Waals surface area contributed by atoms with E-state index in [9.17, 15) is 13.2 Å². The summed E-state index contributed by atoms with van der Waals surface area (Å²) >= 11 is 6.47. The van der Waals surface area contributed by atoms with Crippen LogP contribution in [0.1, 0.15) is 6.42 Å². The van der Waals surface area contributed by atoms with Gasteiger partial charge in [0.15, 0.2) is 6.17 Å². The lowest BCUT2D eigenvalue weighted by Crippen LogP contribution is -2.12. The van der Waals surface area contributed by atoms with Gasteiger partial charge in [0, 0.05) is 5.75 Å². The first-order valence-electron chi connectivity index (χ1n) is 3.76. The Morgan fingerprint density at radius 2 is 2.21 bits per heavy atom. The molecular weight excluding hydrogens is 239 g/mol. The number of oxazole rings is 1. The Morgan fingerprint density at radius 3 is 2.71 bits per heavy atom. The minimum absolute atomic E-state index is 0.123. The van der Waals surface area contributed by atoms with Crippen LogP contribution in [0.4, 0.5) is 13.2 Å². The summed E-state index contributed by atoms with van der Waals surface area (Å²) in [6.45, 7) is 0. The van der Waals surface area contributed by atoms with Crippen LogP contribution in [-0.2, 0) is 0 Å². The molecule has 0 amide bonds. The fraction of sp³-hybridized carbons (Fsp3) is 0.571. The molecule has 0 aliphatic rings. The third-order valence-corrected chi connectivity index (χ3v) is 2.40. The number of hydrogen-bond donors (Lipinski definition) is 0. The van der Waals surface area contributed by atoms with E-state index in [0.717, 1.165) is 11.8 Å². The van der Waals surface area contributed by atoms with Crippen molar-refractivity contribution in [1.82, 2.24) is 4.98 Å². The molecule has 1 rings (SSSR count). The van der Waals surface area contributed by atoms with Gasteiger partial charge in [-0.1, -0.05) is 11.8 Å². The Kier molecular flexibility index (Phi) is 4.60. The molecule has 14 heavy (non-hydrogen) atoms. The van der Waals surface area contributed by atoms with Gasteiger partial charge < -0.3 is 4.42 Å². The van der Waals surface area contributed by atoms with Crippen LogP contribution < -0.4 is 0 Å². The molecule has 1 aromatic heterocycles. The average Bonchev–Trinajstić information content (AvgIpc) is 2.51. The number of halogens is 4. The number of nitrogens with zero attached hydrogens (tertiary/aromatic N) is 1. The van der Waals surface area contributed by atoms with Crippen LogP contribution in [0.3, 0.4) is 0 Å². The maximum Gasteiger partial charge on any atom is 0.269 e. The van der Waals surface area contributed by atoms with Crippen molar-refractivity contribution < 1.29 is 17.6 Å². The molecule has 0 aliphatic heterocycles. The van der Waals surface area contributed by atoms with Crippen molar-refractivity contribution in [1.29, 1.82) is 0 Å². The van der Waals surface area contributed by atoms with Crippen molar-refractivity contribution in [2.24, 2.45) is 0 Å². The fourth-order valence-electron chi connectivity index (χ4n) is 0.691. The third-order valence-electron chi connectivity index (χ3n) is 1.35. The SMILES string of the molecule is FC(F)C(F)CCSc1ncc(Cl)o1. The van der Waals surface area contributed by atoms with Gasteiger partial charge in [-0.05, 0) is 18.0 Å². The molecule has 0 N–H and O–H groups in total. The summed E-state index contributed by atoms with van der Waals surface area (Å²) in [4.78, 5) is 3.71. The van der Waals surface area contributed by atoms with Gasteiger partial charge in [0.05, 0.1) is 6.20 Å². The molecule has 0 aliphatic carbocycles. The Balaban J connectivity index is 2.22. The van der Waals surface area contributed by atoms with E-state index in [1.807, 2.05) is 0 Å². The topological polar surface area (TPSA) is 26.0 Å². The first kappa shape index (κ1) is 11.7. The zero-order valence-corrected chi connectivity index (χ0v) is 8.49. The predicted molar refractivity (Wildman–Crippen MR) is 47.8 cm³/mol. The largest absolute Gasteiger partial charge is 0.420 e. The Hall–Kier alpha value is -0.360. The van der Waals surface area contributed by atoms with E-state index in [0.29, 0.717) is 0 Å². The molecule has 7 heteroatoms. The Labute approximate surface area is 87.8 Å². The van der Waals surface area contributed by atoms with E-state index < -0.39 is 12.6 Å². The summed E-state index contributed by atoms with van der Waals surface area (Å²) in [6, 6.07) is 0. The zero-order chi connectivity index (χ0) is 10.6. The number of rotatable bonds is 5. The molecule has 0 bridgehead atoms. The molecule has 0 saturated carbocycles. The summed E-state index contributed by atoms with van der Waals surface area (Å²) in [5.41, 5.74) is 0. The van der Waals surface area contributed by atoms with E-state index in [4.69, 9.17) is 16.0 Å². The average molecular weight is 246 g/mol. The van der Waals surface area contributed by atoms with Gasteiger partial charge in [-0.25, -0.2) is 18.2 Å². The smallest absolute Gasteiger partial charge is 0.269 e. The van der Waals surface area contributed by atoms with E-state index >= 15 is 0 Å². The maximum atomic E-state index is 12.4. The lowest BCUT2D eigenvalue weighted by atomic mass is 10.3. The molecule has 0 saturated heterocycles. The van der Waals surface area contributed by atoms with E-state index in [1.54, 1.807) is 0 Å². The lowest BCUT2D eigenvalue weighted by Gasteiger charge is -2.04. The van der Waals surface area contributed by atoms with Gasteiger partial charge in [0.1, 0.15) is 0 Å². The monoisotopic (exact) mass is 245 g/mol. The molecule has 1 unspecified atom stereocenters. The van der Waals surface area contributed by atoms with Gasteiger partial charge in [0.25, 0.3) is 11.6 Å². The van der Waals surface area contributed by atoms with Crippen molar-refractivity contribution in [3.63, 3.8) is 0 Å². The van der Waals surface area contributed by atoms with Crippen molar-refractivity contribution in [3.05, 3.63) is 11.4 Å². The molecule has 80 valence electrons. The molecule has 0 radical (unpaired) electrons. The van der Waals surface area contributed by atoms with Gasteiger partial charge in [-0.2, -0.15) is 0 Å². The Bertz CT molecular complexity index is 284. The quantitative estimate of drug-likeness (QED) is 0.744. The van der Waals surface area contributed by atoms with Crippen LogP contribution in [-0.4, -0.2) is 23.3 Å². The molecular formula is C7H7ClF3NOS. The first-order chi connectivity index (χ1) is 6.59. The highest BCUT2D eigenvalue weighted by atomic mass is 35.5. The molecule has 1 atom stereocenters. The third kappa shape index (κ3) is 3.79. The van der Waals surface area contributed by atoms with E-state index in [2.05, 4.69) is 4.98 Å². The second-order valence-electron chi connectivity index (χ2n) is 2.42. The van der Waals surface area contributed by atoms with Gasteiger partial charge >= 0.3 is 0 Å². The lowest BCUT2D eigenvalue weighted by molar-refractivity contribution is 0.0487. The number of alkyl halides is 3. The van der Waals surface area contributed by atoms with Crippen molar-refractivity contribution >= 4 is 23.4 Å². The summed E-state index contributed by atoms with van der Waals surface area (Å²) in [6.07, 6.45) is -3.96. The standard InChI is InChI=1S/C7H7ClF3NOS/c8-5-3-12-7(13-5)14-2-1-4(9)6(10)11/h3-4,6H,1-2H2. The normalized spacial score (nSPS) is 13.5. The van der Waals surface area contributed by atoms with Crippen LogP contribution in [0.25, 0.3) is 0 Å². The van der Waals surface area contributed by atoms with Crippen LogP contribution in [0.15, 0.2) is 15.8 Å². The summed E-state index contributed by atoms with van der Waals surface area (Å²) < 4.78 is 40.7. The van der Waals surface area contributed by atoms with Crippen molar-refractivity contribution in [2.75, 3.05) is 5.75 Å². The van der Waals surface area contributed by atoms with Crippen molar-refractivity contribution in [2.45, 2.75) is 24.2 Å². The highest BCUT2D eigenvalue weighted by Gasteiger charge is 2.18. The molecule has 0 spiro atoms. The van der Waals surface area contributed by atoms with Gasteiger partial charge in [-0.3, -0.25) is 0 Å². The van der Waals surface area contributed by atoms with Crippen molar-refractivity contribution in [3.8, 4) is 0 Å². The minimum atomic E-state index is -2.93. The number of thioether (sulfide) groups is 1. The predicted octanol–water partition coefficient (Wildman–Crippen LogP) is 3.41. The van der Waals surface area contributed by atoms with Crippen LogP contribution in [0.5, 0.6) is 0 Å². The highest BCUT2D eigenvalue weighted by molar-refractivity contribution is 7.99. The second-order valence-corrected chi connectivity index (χ2v) is 3.84. The molecule has 1 aromatic rings. The Morgan fingerprint density at radius 1 is 1.50 bits per heavy atom. The van der Waals surface area contributed by atoms with E-state index in [1.165, 1.54) is 6.20 Å². The summed E-state index contributed by atoms with van der Waals surface area (Å²) in [5.74, 6) is 0.183. The molecule has 1 heterocycles. The van der Waals surface area contributed by atoms with E-state index in [-0.39, 0.29) is 22.6 Å². The van der Waals surface area contributed by atoms with Gasteiger partial charge in [0.2, 0.25) is 5.22 Å².